The zero-order chi connectivity index (χ0) is 23.3. The number of carbonyl (C=O) groups is 1. The lowest BCUT2D eigenvalue weighted by Crippen LogP contribution is -2.41. The number of piperidine rings is 1. The molecule has 1 atom stereocenters. The summed E-state index contributed by atoms with van der Waals surface area (Å²) in [6, 6.07) is 15.5. The lowest BCUT2D eigenvalue weighted by molar-refractivity contribution is -0.134. The van der Waals surface area contributed by atoms with Gasteiger partial charge in [-0.1, -0.05) is 24.3 Å². The van der Waals surface area contributed by atoms with Crippen molar-refractivity contribution in [3.05, 3.63) is 78.3 Å². The molecule has 0 saturated carbocycles. The van der Waals surface area contributed by atoms with E-state index < -0.39 is 0 Å². The fourth-order valence-electron chi connectivity index (χ4n) is 4.30. The Labute approximate surface area is 197 Å². The molecule has 0 aliphatic carbocycles. The van der Waals surface area contributed by atoms with Crippen molar-refractivity contribution in [2.45, 2.75) is 25.2 Å². The molecule has 2 aromatic heterocycles. The number of nitrogens with zero attached hydrogens (tertiary/aromatic N) is 4. The van der Waals surface area contributed by atoms with Crippen molar-refractivity contribution in [2.24, 2.45) is 0 Å². The Morgan fingerprint density at radius 1 is 1.15 bits per heavy atom. The van der Waals surface area contributed by atoms with Gasteiger partial charge < -0.3 is 18.8 Å². The number of hydrogen-bond donors (Lipinski definition) is 0. The van der Waals surface area contributed by atoms with Crippen molar-refractivity contribution in [3.8, 4) is 11.6 Å². The molecule has 0 bridgehead atoms. The summed E-state index contributed by atoms with van der Waals surface area (Å²) in [7, 11) is 1.66. The van der Waals surface area contributed by atoms with Gasteiger partial charge in [0.05, 0.1) is 30.1 Å². The average Bonchev–Trinajstić information content (AvgIpc) is 3.36. The van der Waals surface area contributed by atoms with E-state index >= 15 is 0 Å². The van der Waals surface area contributed by atoms with E-state index in [2.05, 4.69) is 15.0 Å². The van der Waals surface area contributed by atoms with Crippen LogP contribution in [0.3, 0.4) is 0 Å². The highest BCUT2D eigenvalue weighted by atomic mass is 16.5. The highest BCUT2D eigenvalue weighted by molar-refractivity contribution is 5.84. The van der Waals surface area contributed by atoms with Crippen molar-refractivity contribution in [2.75, 3.05) is 26.8 Å². The third-order valence-electron chi connectivity index (χ3n) is 6.05. The van der Waals surface area contributed by atoms with Gasteiger partial charge in [-0.15, -0.1) is 0 Å². The number of carbonyl (C=O) groups excluding carboxylic acids is 1. The Hall–Kier alpha value is -3.94. The topological polar surface area (TPSA) is 90.6 Å². The van der Waals surface area contributed by atoms with Gasteiger partial charge in [0, 0.05) is 19.5 Å². The fraction of sp³-hybridized carbons (Fsp3) is 0.308. The Balaban J connectivity index is 1.20. The number of benzene rings is 2. The Bertz CT molecular complexity index is 1280. The molecule has 34 heavy (non-hydrogen) atoms. The van der Waals surface area contributed by atoms with Crippen LogP contribution >= 0.6 is 0 Å². The van der Waals surface area contributed by atoms with Crippen molar-refractivity contribution < 1.29 is 18.7 Å². The van der Waals surface area contributed by atoms with Crippen molar-refractivity contribution in [1.82, 2.24) is 19.9 Å². The van der Waals surface area contributed by atoms with Crippen molar-refractivity contribution in [3.63, 3.8) is 0 Å². The summed E-state index contributed by atoms with van der Waals surface area (Å²) in [6.07, 6.45) is 5.69. The molecule has 1 saturated heterocycles. The Kier molecular flexibility index (Phi) is 6.38. The predicted molar refractivity (Wildman–Crippen MR) is 126 cm³/mol. The number of oxazole rings is 1. The molecule has 174 valence electrons. The van der Waals surface area contributed by atoms with E-state index in [-0.39, 0.29) is 18.4 Å². The molecular weight excluding hydrogens is 432 g/mol. The molecule has 0 spiro atoms. The van der Waals surface area contributed by atoms with Gasteiger partial charge in [-0.3, -0.25) is 4.79 Å². The maximum atomic E-state index is 12.9. The molecule has 1 amide bonds. The first-order valence-electron chi connectivity index (χ1n) is 11.4. The highest BCUT2D eigenvalue weighted by Gasteiger charge is 2.28. The van der Waals surface area contributed by atoms with E-state index in [1.165, 1.54) is 6.33 Å². The van der Waals surface area contributed by atoms with Gasteiger partial charge in [-0.25, -0.2) is 15.0 Å². The molecule has 5 rings (SSSR count). The summed E-state index contributed by atoms with van der Waals surface area (Å²) in [5.41, 5.74) is 1.88. The zero-order valence-electron chi connectivity index (χ0n) is 19.0. The molecule has 0 radical (unpaired) electrons. The molecular formula is C26H26N4O4. The maximum absolute atomic E-state index is 12.9. The van der Waals surface area contributed by atoms with E-state index in [0.29, 0.717) is 31.3 Å². The van der Waals surface area contributed by atoms with Gasteiger partial charge >= 0.3 is 0 Å². The third-order valence-corrected chi connectivity index (χ3v) is 6.05. The minimum atomic E-state index is -0.0736. The van der Waals surface area contributed by atoms with Gasteiger partial charge in [0.1, 0.15) is 17.8 Å². The van der Waals surface area contributed by atoms with Crippen LogP contribution in [0.4, 0.5) is 0 Å². The number of hydrogen-bond acceptors (Lipinski definition) is 7. The summed E-state index contributed by atoms with van der Waals surface area (Å²) in [5, 5.41) is 0.790. The molecule has 1 aliphatic rings. The lowest BCUT2D eigenvalue weighted by atomic mass is 9.98. The minimum Gasteiger partial charge on any atom is -0.497 e. The molecule has 0 unspecified atom stereocenters. The number of amides is 1. The number of aromatic nitrogens is 3. The van der Waals surface area contributed by atoms with Crippen molar-refractivity contribution in [1.29, 1.82) is 0 Å². The number of ether oxygens (including phenoxy) is 2. The second-order valence-electron chi connectivity index (χ2n) is 8.36. The first kappa shape index (κ1) is 21.9. The van der Waals surface area contributed by atoms with Crippen LogP contribution in [0.15, 0.2) is 65.5 Å². The van der Waals surface area contributed by atoms with E-state index in [1.54, 1.807) is 13.3 Å². The molecule has 2 aromatic carbocycles. The number of likely N-dealkylation sites (tertiary alicyclic amines) is 1. The van der Waals surface area contributed by atoms with E-state index in [4.69, 9.17) is 13.9 Å². The molecule has 4 aromatic rings. The Morgan fingerprint density at radius 2 is 2.06 bits per heavy atom. The summed E-state index contributed by atoms with van der Waals surface area (Å²) < 4.78 is 17.1. The van der Waals surface area contributed by atoms with Gasteiger partial charge in [0.2, 0.25) is 5.88 Å². The monoisotopic (exact) mass is 458 g/mol. The maximum Gasteiger partial charge on any atom is 0.260 e. The van der Waals surface area contributed by atoms with Gasteiger partial charge in [0.15, 0.2) is 12.5 Å². The quantitative estimate of drug-likeness (QED) is 0.413. The van der Waals surface area contributed by atoms with Crippen LogP contribution in [0.2, 0.25) is 0 Å². The molecule has 8 heteroatoms. The molecule has 3 heterocycles. The Morgan fingerprint density at radius 3 is 2.97 bits per heavy atom. The van der Waals surface area contributed by atoms with Crippen LogP contribution in [-0.4, -0.2) is 52.6 Å². The highest BCUT2D eigenvalue weighted by Crippen LogP contribution is 2.28. The largest absolute Gasteiger partial charge is 0.497 e. The fourth-order valence-corrected chi connectivity index (χ4v) is 4.30. The minimum absolute atomic E-state index is 0.0663. The van der Waals surface area contributed by atoms with Crippen LogP contribution in [0.1, 0.15) is 36.0 Å². The molecule has 0 N–H and O–H groups in total. The molecule has 8 nitrogen and oxygen atoms in total. The van der Waals surface area contributed by atoms with E-state index in [1.807, 2.05) is 53.4 Å². The standard InChI is InChI=1S/C26H26N4O4/c1-32-20-8-4-6-18(12-20)13-21-14-27-25(34-21)19-7-5-11-30(15-19)24(31)16-33-26-22-9-2-3-10-23(22)28-17-29-26/h2-4,6,8-10,12,14,17,19H,5,7,11,13,15-16H2,1H3/t19-/m0/s1. The van der Waals surface area contributed by atoms with Crippen LogP contribution in [0, 0.1) is 0 Å². The number of methoxy groups -OCH3 is 1. The van der Waals surface area contributed by atoms with Crippen LogP contribution < -0.4 is 9.47 Å². The number of para-hydroxylation sites is 1. The third kappa shape index (κ3) is 4.85. The van der Waals surface area contributed by atoms with Gasteiger partial charge in [-0.05, 0) is 42.7 Å². The van der Waals surface area contributed by atoms with Crippen LogP contribution in [0.25, 0.3) is 10.9 Å². The summed E-state index contributed by atoms with van der Waals surface area (Å²) >= 11 is 0. The van der Waals surface area contributed by atoms with Gasteiger partial charge in [0.25, 0.3) is 5.91 Å². The predicted octanol–water partition coefficient (Wildman–Crippen LogP) is 4.00. The second-order valence-corrected chi connectivity index (χ2v) is 8.36. The zero-order valence-corrected chi connectivity index (χ0v) is 19.0. The summed E-state index contributed by atoms with van der Waals surface area (Å²) in [5.74, 6) is 2.70. The summed E-state index contributed by atoms with van der Waals surface area (Å²) in [6.45, 7) is 1.19. The summed E-state index contributed by atoms with van der Waals surface area (Å²) in [4.78, 5) is 27.7. The van der Waals surface area contributed by atoms with Gasteiger partial charge in [-0.2, -0.15) is 0 Å². The molecule has 1 fully saturated rings. The smallest absolute Gasteiger partial charge is 0.260 e. The van der Waals surface area contributed by atoms with E-state index in [9.17, 15) is 4.79 Å². The van der Waals surface area contributed by atoms with Crippen molar-refractivity contribution >= 4 is 16.8 Å². The normalized spacial score (nSPS) is 15.9. The first-order chi connectivity index (χ1) is 16.7. The van der Waals surface area contributed by atoms with Crippen LogP contribution in [0.5, 0.6) is 11.6 Å². The average molecular weight is 459 g/mol. The van der Waals surface area contributed by atoms with E-state index in [0.717, 1.165) is 40.8 Å². The number of fused-ring (bicyclic) bond motifs is 1. The lowest BCUT2D eigenvalue weighted by Gasteiger charge is -2.31. The second kappa shape index (κ2) is 9.91. The number of rotatable bonds is 7. The SMILES string of the molecule is COc1cccc(Cc2cnc([C@H]3CCCN(C(=O)COc4ncnc5ccccc45)C3)o2)c1. The first-order valence-corrected chi connectivity index (χ1v) is 11.4. The van der Waals surface area contributed by atoms with Crippen LogP contribution in [-0.2, 0) is 11.2 Å². The molecule has 1 aliphatic heterocycles.